The maximum Gasteiger partial charge on any atom is 0.337 e. The lowest BCUT2D eigenvalue weighted by Crippen LogP contribution is -2.16. The highest BCUT2D eigenvalue weighted by Gasteiger charge is 2.14. The van der Waals surface area contributed by atoms with Crippen LogP contribution in [0.3, 0.4) is 0 Å². The number of nitrogens with two attached hydrogens (primary N) is 1. The van der Waals surface area contributed by atoms with Gasteiger partial charge in [0.25, 0.3) is 5.03 Å². The van der Waals surface area contributed by atoms with Gasteiger partial charge in [0.05, 0.1) is 30.1 Å². The fourth-order valence-corrected chi connectivity index (χ4v) is 2.58. The van der Waals surface area contributed by atoms with Crippen molar-refractivity contribution in [3.05, 3.63) is 53.6 Å². The molecule has 2 atom stereocenters. The number of nitrogens with zero attached hydrogens (tertiary/aromatic N) is 1. The number of carbonyl (C=O) groups is 1. The number of aromatic nitrogens is 1. The first-order valence-corrected chi connectivity index (χ1v) is 8.34. The summed E-state index contributed by atoms with van der Waals surface area (Å²) in [7, 11) is 1.35. The van der Waals surface area contributed by atoms with E-state index in [1.54, 1.807) is 30.3 Å². The van der Waals surface area contributed by atoms with E-state index in [-0.39, 0.29) is 12.0 Å². The van der Waals surface area contributed by atoms with E-state index >= 15 is 0 Å². The van der Waals surface area contributed by atoms with Crippen LogP contribution < -0.4 is 10.5 Å². The largest absolute Gasteiger partial charge is 0.592 e. The first-order valence-electron chi connectivity index (χ1n) is 7.13. The van der Waals surface area contributed by atoms with Crippen LogP contribution in [0.1, 0.15) is 35.3 Å². The van der Waals surface area contributed by atoms with Crippen LogP contribution in [0.15, 0.2) is 47.5 Å². The van der Waals surface area contributed by atoms with E-state index < -0.39 is 11.4 Å². The average Bonchev–Trinajstić information content (AvgIpc) is 2.59. The van der Waals surface area contributed by atoms with Crippen LogP contribution >= 0.6 is 0 Å². The van der Waals surface area contributed by atoms with Gasteiger partial charge < -0.3 is 14.6 Å². The molecule has 3 N–H and O–H groups in total. The number of benzene rings is 1. The van der Waals surface area contributed by atoms with Gasteiger partial charge in [-0.05, 0) is 30.2 Å². The van der Waals surface area contributed by atoms with E-state index in [0.29, 0.717) is 16.4 Å². The average molecular weight is 333 g/mol. The molecule has 0 saturated heterocycles. The van der Waals surface area contributed by atoms with Crippen molar-refractivity contribution in [1.29, 1.82) is 0 Å². The molecule has 122 valence electrons. The molecule has 0 aliphatic rings. The Hall–Kier alpha value is -2.09. The second-order valence-electron chi connectivity index (χ2n) is 4.88. The summed E-state index contributed by atoms with van der Waals surface area (Å²) >= 11 is -1.61. The number of esters is 1. The van der Waals surface area contributed by atoms with Crippen LogP contribution in [-0.4, -0.2) is 22.6 Å². The minimum absolute atomic E-state index is 0.00987. The second kappa shape index (κ2) is 7.96. The summed E-state index contributed by atoms with van der Waals surface area (Å²) in [6, 6.07) is 12.4. The molecule has 1 aromatic carbocycles. The van der Waals surface area contributed by atoms with Gasteiger partial charge in [0.2, 0.25) is 0 Å². The molecule has 0 fully saturated rings. The number of carbonyl (C=O) groups excluding carboxylic acids is 1. The number of ether oxygens (including phenoxy) is 1. The maximum absolute atomic E-state index is 11.5. The zero-order valence-electron chi connectivity index (χ0n) is 13.0. The third-order valence-electron chi connectivity index (χ3n) is 3.39. The minimum Gasteiger partial charge on any atom is -0.592 e. The van der Waals surface area contributed by atoms with E-state index in [9.17, 15) is 9.35 Å². The summed E-state index contributed by atoms with van der Waals surface area (Å²) in [6.07, 6.45) is 0.815. The number of rotatable bonds is 6. The predicted molar refractivity (Wildman–Crippen MR) is 89.3 cm³/mol. The third-order valence-corrected chi connectivity index (χ3v) is 4.03. The fourth-order valence-electron chi connectivity index (χ4n) is 2.18. The number of anilines is 1. The Bertz CT molecular complexity index is 662. The van der Waals surface area contributed by atoms with Crippen LogP contribution in [0, 0.1) is 0 Å². The van der Waals surface area contributed by atoms with Crippen LogP contribution in [0.25, 0.3) is 0 Å². The summed E-state index contributed by atoms with van der Waals surface area (Å²) in [5, 5.41) is 8.96. The molecular formula is C16H19N3O3S. The Labute approximate surface area is 138 Å². The third kappa shape index (κ3) is 4.44. The number of methoxy groups -OCH3 is 1. The Morgan fingerprint density at radius 3 is 2.61 bits per heavy atom. The van der Waals surface area contributed by atoms with Crippen molar-refractivity contribution in [3.63, 3.8) is 0 Å². The Morgan fingerprint density at radius 1 is 1.35 bits per heavy atom. The lowest BCUT2D eigenvalue weighted by molar-refractivity contribution is 0.0600. The minimum atomic E-state index is -1.61. The summed E-state index contributed by atoms with van der Waals surface area (Å²) in [6.45, 7) is 2.04. The molecule has 0 amide bonds. The summed E-state index contributed by atoms with van der Waals surface area (Å²) in [5.74, 6) is 0.238. The summed E-state index contributed by atoms with van der Waals surface area (Å²) in [5.41, 5.74) is 1.52. The topological polar surface area (TPSA) is 100 Å². The highest BCUT2D eigenvalue weighted by atomic mass is 32.2. The lowest BCUT2D eigenvalue weighted by Gasteiger charge is -2.18. The van der Waals surface area contributed by atoms with Crippen molar-refractivity contribution >= 4 is 23.1 Å². The van der Waals surface area contributed by atoms with E-state index in [4.69, 9.17) is 5.14 Å². The van der Waals surface area contributed by atoms with E-state index in [1.807, 2.05) is 19.1 Å². The van der Waals surface area contributed by atoms with Crippen LogP contribution in [0.2, 0.25) is 0 Å². The van der Waals surface area contributed by atoms with Gasteiger partial charge in [-0.3, -0.25) is 0 Å². The van der Waals surface area contributed by atoms with E-state index in [0.717, 1.165) is 12.0 Å². The molecule has 1 aromatic heterocycles. The molecule has 0 saturated carbocycles. The Kier molecular flexibility index (Phi) is 5.97. The Balaban J connectivity index is 2.16. The van der Waals surface area contributed by atoms with Gasteiger partial charge in [0.1, 0.15) is 5.82 Å². The smallest absolute Gasteiger partial charge is 0.337 e. The number of pyridine rings is 1. The van der Waals surface area contributed by atoms with Gasteiger partial charge in [-0.1, -0.05) is 25.1 Å². The molecule has 23 heavy (non-hydrogen) atoms. The zero-order valence-corrected chi connectivity index (χ0v) is 13.8. The van der Waals surface area contributed by atoms with Crippen LogP contribution in [0.4, 0.5) is 5.82 Å². The van der Waals surface area contributed by atoms with Gasteiger partial charge in [0, 0.05) is 6.07 Å². The number of hydrogen-bond donors (Lipinski definition) is 2. The van der Waals surface area contributed by atoms with Crippen LogP contribution in [0.5, 0.6) is 0 Å². The molecule has 0 radical (unpaired) electrons. The van der Waals surface area contributed by atoms with Crippen molar-refractivity contribution in [2.75, 3.05) is 12.4 Å². The molecule has 0 spiro atoms. The van der Waals surface area contributed by atoms with Gasteiger partial charge >= 0.3 is 5.97 Å². The highest BCUT2D eigenvalue weighted by molar-refractivity contribution is 7.89. The molecule has 0 aliphatic carbocycles. The second-order valence-corrected chi connectivity index (χ2v) is 5.89. The predicted octanol–water partition coefficient (Wildman–Crippen LogP) is 2.41. The molecule has 0 aliphatic heterocycles. The molecular weight excluding hydrogens is 314 g/mol. The molecule has 0 bridgehead atoms. The Morgan fingerprint density at radius 2 is 2.04 bits per heavy atom. The van der Waals surface area contributed by atoms with Gasteiger partial charge in [-0.2, -0.15) is 4.98 Å². The number of nitrogens with one attached hydrogen (secondary N) is 1. The van der Waals surface area contributed by atoms with Gasteiger partial charge in [-0.15, -0.1) is 5.14 Å². The molecule has 2 rings (SSSR count). The van der Waals surface area contributed by atoms with Gasteiger partial charge in [-0.25, -0.2) is 4.79 Å². The van der Waals surface area contributed by atoms with Crippen molar-refractivity contribution < 1.29 is 14.1 Å². The van der Waals surface area contributed by atoms with Crippen molar-refractivity contribution in [2.24, 2.45) is 5.14 Å². The highest BCUT2D eigenvalue weighted by Crippen LogP contribution is 2.22. The van der Waals surface area contributed by atoms with Crippen molar-refractivity contribution in [2.45, 2.75) is 24.4 Å². The van der Waals surface area contributed by atoms with E-state index in [1.165, 1.54) is 7.11 Å². The normalized spacial score (nSPS) is 13.2. The fraction of sp³-hybridized carbons (Fsp3) is 0.250. The standard InChI is InChI=1S/C16H19N3O3S/c1-3-13(11-7-9-12(10-8-11)16(20)22-2)18-14-5-4-6-15(19-14)23(17)21/h4-10,13H,3,17H2,1-2H3,(H,18,19). The molecule has 2 aromatic rings. The van der Waals surface area contributed by atoms with E-state index in [2.05, 4.69) is 15.0 Å². The summed E-state index contributed by atoms with van der Waals surface area (Å²) in [4.78, 5) is 15.7. The monoisotopic (exact) mass is 333 g/mol. The molecule has 6 nitrogen and oxygen atoms in total. The first-order chi connectivity index (χ1) is 11.0. The molecule has 2 unspecified atom stereocenters. The number of hydrogen-bond acceptors (Lipinski definition) is 6. The van der Waals surface area contributed by atoms with Crippen molar-refractivity contribution in [3.8, 4) is 0 Å². The van der Waals surface area contributed by atoms with Crippen molar-refractivity contribution in [1.82, 2.24) is 4.98 Å². The van der Waals surface area contributed by atoms with Crippen LogP contribution in [-0.2, 0) is 16.1 Å². The quantitative estimate of drug-likeness (QED) is 0.622. The molecule has 1 heterocycles. The molecule has 7 heteroatoms. The zero-order chi connectivity index (χ0) is 16.8. The van der Waals surface area contributed by atoms with Gasteiger partial charge in [0.15, 0.2) is 0 Å². The summed E-state index contributed by atoms with van der Waals surface area (Å²) < 4.78 is 16.0. The first kappa shape index (κ1) is 17.3. The lowest BCUT2D eigenvalue weighted by atomic mass is 10.0. The maximum atomic E-state index is 11.5. The SMILES string of the molecule is CCC(Nc1cccc([S+](N)[O-])n1)c1ccc(C(=O)OC)cc1.